The summed E-state index contributed by atoms with van der Waals surface area (Å²) in [5.74, 6) is 0.545. The van der Waals surface area contributed by atoms with Gasteiger partial charge in [-0.15, -0.1) is 0 Å². The van der Waals surface area contributed by atoms with Gasteiger partial charge in [0.2, 0.25) is 0 Å². The Labute approximate surface area is 227 Å². The summed E-state index contributed by atoms with van der Waals surface area (Å²) in [4.78, 5) is 22.0. The van der Waals surface area contributed by atoms with Crippen LogP contribution < -0.4 is 10.2 Å². The van der Waals surface area contributed by atoms with Gasteiger partial charge < -0.3 is 20.1 Å². The highest BCUT2D eigenvalue weighted by Gasteiger charge is 2.20. The molecule has 0 aromatic carbocycles. The van der Waals surface area contributed by atoms with Crippen LogP contribution in [0.5, 0.6) is 0 Å². The second kappa shape index (κ2) is 9.81. The van der Waals surface area contributed by atoms with E-state index in [0.717, 1.165) is 71.0 Å². The Morgan fingerprint density at radius 3 is 2.56 bits per heavy atom. The van der Waals surface area contributed by atoms with E-state index in [2.05, 4.69) is 77.1 Å². The van der Waals surface area contributed by atoms with Gasteiger partial charge in [0.15, 0.2) is 5.65 Å². The Balaban J connectivity index is 1.21. The van der Waals surface area contributed by atoms with Gasteiger partial charge in [-0.05, 0) is 44.0 Å². The number of anilines is 2. The smallest absolute Gasteiger partial charge is 0.181 e. The number of pyridine rings is 3. The van der Waals surface area contributed by atoms with E-state index in [1.54, 1.807) is 0 Å². The van der Waals surface area contributed by atoms with Crippen molar-refractivity contribution < 1.29 is 0 Å². The average Bonchev–Trinajstić information content (AvgIpc) is 3.73. The molecular weight excluding hydrogens is 486 g/mol. The number of piperazine rings is 1. The minimum absolute atomic E-state index is 0.545. The topological polar surface area (TPSA) is 102 Å². The second-order valence-electron chi connectivity index (χ2n) is 10.9. The normalized spacial score (nSPS) is 16.9. The van der Waals surface area contributed by atoms with Crippen LogP contribution in [0, 0.1) is 5.92 Å². The molecule has 0 unspecified atom stereocenters. The summed E-state index contributed by atoms with van der Waals surface area (Å²) >= 11 is 0. The summed E-state index contributed by atoms with van der Waals surface area (Å²) in [5.41, 5.74) is 8.77. The van der Waals surface area contributed by atoms with Crippen LogP contribution in [0.25, 0.3) is 44.5 Å². The van der Waals surface area contributed by atoms with Crippen LogP contribution in [-0.2, 0) is 0 Å². The number of likely N-dealkylation sites (N-methyl/N-ethyl adjacent to an activating group) is 1. The standard InChI is InChI=1S/C30H33N9/c1-19(20-5-3-4-6-20)34-23-11-21(14-31-16-23)22-12-25-29(36-37-30(25)33-15-22)26-13-24-27(35-26)17-32-18-28(24)39-9-7-38(2)8-10-39/h11-18,20,34-35H,1,3-10H2,2H3,(H,33,36,37). The molecule has 2 fully saturated rings. The number of hydrogen-bond acceptors (Lipinski definition) is 7. The molecule has 1 saturated carbocycles. The van der Waals surface area contributed by atoms with E-state index >= 15 is 0 Å². The Hall–Kier alpha value is -4.24. The molecule has 39 heavy (non-hydrogen) atoms. The number of nitrogens with zero attached hydrogens (tertiary/aromatic N) is 6. The first-order valence-electron chi connectivity index (χ1n) is 13.8. The zero-order valence-electron chi connectivity index (χ0n) is 22.2. The number of aromatic amines is 2. The fraction of sp³-hybridized carbons (Fsp3) is 0.333. The summed E-state index contributed by atoms with van der Waals surface area (Å²) < 4.78 is 0. The van der Waals surface area contributed by atoms with E-state index in [9.17, 15) is 0 Å². The molecule has 9 nitrogen and oxygen atoms in total. The molecule has 0 bridgehead atoms. The van der Waals surface area contributed by atoms with Crippen molar-refractivity contribution in [2.75, 3.05) is 43.4 Å². The Morgan fingerprint density at radius 2 is 1.72 bits per heavy atom. The summed E-state index contributed by atoms with van der Waals surface area (Å²) in [7, 11) is 2.17. The SMILES string of the molecule is C=C(Nc1cncc(-c2cnc3n[nH]c(-c4cc5c(N6CCN(C)CC6)cncc5[nH]4)c3c2)c1)C1CCCC1. The van der Waals surface area contributed by atoms with E-state index in [1.807, 2.05) is 31.0 Å². The first kappa shape index (κ1) is 23.8. The first-order valence-corrected chi connectivity index (χ1v) is 13.8. The number of nitrogens with one attached hydrogen (secondary N) is 3. The van der Waals surface area contributed by atoms with Gasteiger partial charge in [0.1, 0.15) is 0 Å². The molecule has 9 heteroatoms. The van der Waals surface area contributed by atoms with Gasteiger partial charge in [0.05, 0.1) is 46.9 Å². The van der Waals surface area contributed by atoms with E-state index < -0.39 is 0 Å². The Kier molecular flexibility index (Phi) is 6.00. The molecule has 2 aliphatic rings. The molecule has 1 aliphatic heterocycles. The minimum atomic E-state index is 0.545. The van der Waals surface area contributed by atoms with E-state index in [4.69, 9.17) is 0 Å². The van der Waals surface area contributed by atoms with E-state index in [1.165, 1.54) is 36.8 Å². The van der Waals surface area contributed by atoms with Crippen LogP contribution >= 0.6 is 0 Å². The molecular formula is C30H33N9. The third-order valence-electron chi connectivity index (χ3n) is 8.27. The fourth-order valence-electron chi connectivity index (χ4n) is 5.96. The number of fused-ring (bicyclic) bond motifs is 2. The highest BCUT2D eigenvalue weighted by Crippen LogP contribution is 2.35. The van der Waals surface area contributed by atoms with Gasteiger partial charge in [0, 0.05) is 66.2 Å². The molecule has 0 atom stereocenters. The van der Waals surface area contributed by atoms with Crippen LogP contribution in [0.1, 0.15) is 25.7 Å². The van der Waals surface area contributed by atoms with Gasteiger partial charge >= 0.3 is 0 Å². The monoisotopic (exact) mass is 519 g/mol. The average molecular weight is 520 g/mol. The lowest BCUT2D eigenvalue weighted by atomic mass is 10.0. The first-order chi connectivity index (χ1) is 19.1. The van der Waals surface area contributed by atoms with Crippen molar-refractivity contribution in [1.29, 1.82) is 0 Å². The van der Waals surface area contributed by atoms with Crippen LogP contribution in [-0.4, -0.2) is 68.3 Å². The quantitative estimate of drug-likeness (QED) is 0.275. The Morgan fingerprint density at radius 1 is 0.923 bits per heavy atom. The van der Waals surface area contributed by atoms with Crippen molar-refractivity contribution >= 4 is 33.3 Å². The largest absolute Gasteiger partial charge is 0.367 e. The number of H-pyrrole nitrogens is 2. The summed E-state index contributed by atoms with van der Waals surface area (Å²) in [5, 5.41) is 13.3. The van der Waals surface area contributed by atoms with E-state index in [-0.39, 0.29) is 0 Å². The van der Waals surface area contributed by atoms with Crippen molar-refractivity contribution in [2.45, 2.75) is 25.7 Å². The van der Waals surface area contributed by atoms with Gasteiger partial charge in [0.25, 0.3) is 0 Å². The molecule has 0 radical (unpaired) electrons. The molecule has 198 valence electrons. The summed E-state index contributed by atoms with van der Waals surface area (Å²) in [6.45, 7) is 8.38. The second-order valence-corrected chi connectivity index (χ2v) is 10.9. The molecule has 6 heterocycles. The molecule has 5 aromatic rings. The van der Waals surface area contributed by atoms with Gasteiger partial charge in [-0.2, -0.15) is 5.10 Å². The number of allylic oxidation sites excluding steroid dienone is 1. The predicted molar refractivity (Wildman–Crippen MR) is 157 cm³/mol. The molecule has 1 saturated heterocycles. The van der Waals surface area contributed by atoms with Crippen molar-refractivity contribution in [2.24, 2.45) is 5.92 Å². The maximum Gasteiger partial charge on any atom is 0.181 e. The summed E-state index contributed by atoms with van der Waals surface area (Å²) in [6, 6.07) is 6.45. The molecule has 3 N–H and O–H groups in total. The molecule has 1 aliphatic carbocycles. The van der Waals surface area contributed by atoms with Crippen LogP contribution in [0.15, 0.2) is 61.5 Å². The van der Waals surface area contributed by atoms with Crippen LogP contribution in [0.3, 0.4) is 0 Å². The maximum absolute atomic E-state index is 4.66. The third-order valence-corrected chi connectivity index (χ3v) is 8.27. The zero-order valence-corrected chi connectivity index (χ0v) is 22.2. The van der Waals surface area contributed by atoms with Gasteiger partial charge in [-0.25, -0.2) is 4.98 Å². The fourth-order valence-corrected chi connectivity index (χ4v) is 5.96. The number of aromatic nitrogens is 6. The zero-order chi connectivity index (χ0) is 26.3. The minimum Gasteiger partial charge on any atom is -0.367 e. The van der Waals surface area contributed by atoms with Crippen molar-refractivity contribution in [3.8, 4) is 22.5 Å². The van der Waals surface area contributed by atoms with Crippen LogP contribution in [0.4, 0.5) is 11.4 Å². The Bertz CT molecular complexity index is 1650. The lowest BCUT2D eigenvalue weighted by Gasteiger charge is -2.34. The summed E-state index contributed by atoms with van der Waals surface area (Å²) in [6.07, 6.45) is 14.5. The molecule has 7 rings (SSSR count). The lowest BCUT2D eigenvalue weighted by Crippen LogP contribution is -2.44. The number of rotatable bonds is 6. The highest BCUT2D eigenvalue weighted by molar-refractivity contribution is 5.99. The number of hydrogen-bond donors (Lipinski definition) is 3. The van der Waals surface area contributed by atoms with Gasteiger partial charge in [-0.1, -0.05) is 19.4 Å². The molecule has 0 amide bonds. The molecule has 5 aromatic heterocycles. The maximum atomic E-state index is 4.66. The van der Waals surface area contributed by atoms with Crippen LogP contribution in [0.2, 0.25) is 0 Å². The van der Waals surface area contributed by atoms with E-state index in [0.29, 0.717) is 11.6 Å². The van der Waals surface area contributed by atoms with Crippen molar-refractivity contribution in [1.82, 2.24) is 35.0 Å². The predicted octanol–water partition coefficient (Wildman–Crippen LogP) is 5.43. The molecule has 0 spiro atoms. The highest BCUT2D eigenvalue weighted by atomic mass is 15.3. The lowest BCUT2D eigenvalue weighted by molar-refractivity contribution is 0.313. The van der Waals surface area contributed by atoms with Crippen molar-refractivity contribution in [3.63, 3.8) is 0 Å². The third kappa shape index (κ3) is 4.52. The van der Waals surface area contributed by atoms with Crippen molar-refractivity contribution in [3.05, 3.63) is 61.5 Å². The van der Waals surface area contributed by atoms with Gasteiger partial charge in [-0.3, -0.25) is 15.1 Å².